The van der Waals surface area contributed by atoms with Crippen molar-refractivity contribution in [3.8, 4) is 5.75 Å². The van der Waals surface area contributed by atoms with Crippen LogP contribution in [0.1, 0.15) is 39.7 Å². The number of sulfonamides is 1. The van der Waals surface area contributed by atoms with Gasteiger partial charge in [0.25, 0.3) is 10.0 Å². The highest BCUT2D eigenvalue weighted by atomic mass is 35.5. The fourth-order valence-corrected chi connectivity index (χ4v) is 5.89. The number of rotatable bonds is 13. The highest BCUT2D eigenvalue weighted by Crippen LogP contribution is 2.27. The summed E-state index contributed by atoms with van der Waals surface area (Å²) in [5, 5.41) is 3.79. The van der Waals surface area contributed by atoms with E-state index in [4.69, 9.17) is 27.9 Å². The van der Waals surface area contributed by atoms with Gasteiger partial charge in [-0.15, -0.1) is 0 Å². The number of hydrogen-bond acceptors (Lipinski definition) is 5. The third kappa shape index (κ3) is 8.61. The van der Waals surface area contributed by atoms with E-state index in [9.17, 15) is 18.0 Å². The Labute approximate surface area is 252 Å². The summed E-state index contributed by atoms with van der Waals surface area (Å²) >= 11 is 12.1. The number of hydrogen-bond donors (Lipinski definition) is 1. The molecule has 3 rings (SSSR count). The molecule has 8 nitrogen and oxygen atoms in total. The Morgan fingerprint density at radius 1 is 0.878 bits per heavy atom. The van der Waals surface area contributed by atoms with Crippen LogP contribution in [0, 0.1) is 0 Å². The molecule has 1 N–H and O–H groups in total. The van der Waals surface area contributed by atoms with Gasteiger partial charge in [-0.2, -0.15) is 0 Å². The lowest BCUT2D eigenvalue weighted by Crippen LogP contribution is -2.53. The zero-order chi connectivity index (χ0) is 30.2. The topological polar surface area (TPSA) is 96.0 Å². The molecule has 0 unspecified atom stereocenters. The van der Waals surface area contributed by atoms with Gasteiger partial charge in [-0.05, 0) is 93.4 Å². The Bertz CT molecular complexity index is 1410. The first kappa shape index (κ1) is 32.2. The summed E-state index contributed by atoms with van der Waals surface area (Å²) in [6.07, 6.45) is 0.324. The summed E-state index contributed by atoms with van der Waals surface area (Å²) < 4.78 is 34.4. The maximum Gasteiger partial charge on any atom is 0.264 e. The lowest BCUT2D eigenvalue weighted by molar-refractivity contribution is -0.140. The first-order chi connectivity index (χ1) is 19.5. The number of halogens is 2. The van der Waals surface area contributed by atoms with E-state index in [2.05, 4.69) is 5.32 Å². The van der Waals surface area contributed by atoms with Crippen LogP contribution in [-0.4, -0.2) is 50.4 Å². The molecule has 0 aliphatic carbocycles. The standard InChI is InChI=1S/C30H35Cl2N3O5S/c1-5-28(30(37)33-21(3)4)34(19-22-7-9-23(31)10-8-22)29(36)20-35(25-13-15-26(16-14-25)40-6-2)41(38,39)27-17-11-24(32)12-18-27/h7-18,21,28H,5-6,19-20H2,1-4H3,(H,33,37)/t28-/m0/s1. The van der Waals surface area contributed by atoms with Crippen molar-refractivity contribution in [3.63, 3.8) is 0 Å². The molecule has 41 heavy (non-hydrogen) atoms. The van der Waals surface area contributed by atoms with Crippen molar-refractivity contribution in [2.45, 2.75) is 57.6 Å². The van der Waals surface area contributed by atoms with Gasteiger partial charge in [-0.25, -0.2) is 8.42 Å². The Morgan fingerprint density at radius 3 is 1.95 bits per heavy atom. The molecule has 0 saturated heterocycles. The summed E-state index contributed by atoms with van der Waals surface area (Å²) in [4.78, 5) is 28.6. The van der Waals surface area contributed by atoms with Crippen LogP contribution >= 0.6 is 23.2 Å². The molecule has 0 fully saturated rings. The molecule has 0 bridgehead atoms. The Hall–Kier alpha value is -3.27. The number of nitrogens with zero attached hydrogens (tertiary/aromatic N) is 2. The van der Waals surface area contributed by atoms with Crippen LogP contribution in [0.3, 0.4) is 0 Å². The number of nitrogens with one attached hydrogen (secondary N) is 1. The second-order valence-electron chi connectivity index (χ2n) is 9.63. The predicted molar refractivity (Wildman–Crippen MR) is 163 cm³/mol. The third-order valence-corrected chi connectivity index (χ3v) is 8.49. The lowest BCUT2D eigenvalue weighted by atomic mass is 10.1. The molecule has 0 spiro atoms. The van der Waals surface area contributed by atoms with E-state index in [1.165, 1.54) is 29.2 Å². The summed E-state index contributed by atoms with van der Waals surface area (Å²) in [6, 6.07) is 18.1. The van der Waals surface area contributed by atoms with Crippen molar-refractivity contribution in [2.75, 3.05) is 17.5 Å². The molecular weight excluding hydrogens is 585 g/mol. The molecule has 0 radical (unpaired) electrons. The Balaban J connectivity index is 2.06. The average molecular weight is 621 g/mol. The smallest absolute Gasteiger partial charge is 0.264 e. The fraction of sp³-hybridized carbons (Fsp3) is 0.333. The van der Waals surface area contributed by atoms with Crippen molar-refractivity contribution in [1.82, 2.24) is 10.2 Å². The van der Waals surface area contributed by atoms with E-state index in [1.54, 1.807) is 55.5 Å². The monoisotopic (exact) mass is 619 g/mol. The normalized spacial score (nSPS) is 12.1. The van der Waals surface area contributed by atoms with Crippen molar-refractivity contribution in [1.29, 1.82) is 0 Å². The second kappa shape index (κ2) is 14.6. The van der Waals surface area contributed by atoms with Gasteiger partial charge in [0, 0.05) is 22.6 Å². The highest BCUT2D eigenvalue weighted by molar-refractivity contribution is 7.92. The van der Waals surface area contributed by atoms with Gasteiger partial charge in [-0.1, -0.05) is 42.3 Å². The summed E-state index contributed by atoms with van der Waals surface area (Å²) in [5.74, 6) is -0.303. The van der Waals surface area contributed by atoms with Crippen molar-refractivity contribution < 1.29 is 22.7 Å². The van der Waals surface area contributed by atoms with E-state index in [1.807, 2.05) is 20.8 Å². The largest absolute Gasteiger partial charge is 0.494 e. The number of amides is 2. The van der Waals surface area contributed by atoms with E-state index < -0.39 is 28.5 Å². The first-order valence-corrected chi connectivity index (χ1v) is 15.5. The minimum atomic E-state index is -4.21. The molecule has 0 saturated carbocycles. The third-order valence-electron chi connectivity index (χ3n) is 6.20. The van der Waals surface area contributed by atoms with Gasteiger partial charge in [0.05, 0.1) is 17.2 Å². The zero-order valence-corrected chi connectivity index (χ0v) is 25.8. The molecule has 11 heteroatoms. The van der Waals surface area contributed by atoms with Crippen LogP contribution in [0.4, 0.5) is 5.69 Å². The molecule has 1 atom stereocenters. The number of anilines is 1. The van der Waals surface area contributed by atoms with Crippen LogP contribution < -0.4 is 14.4 Å². The Kier molecular flexibility index (Phi) is 11.5. The van der Waals surface area contributed by atoms with E-state index in [-0.39, 0.29) is 29.1 Å². The molecule has 0 aliphatic rings. The molecule has 0 aliphatic heterocycles. The van der Waals surface area contributed by atoms with Gasteiger partial charge in [0.1, 0.15) is 18.3 Å². The van der Waals surface area contributed by atoms with E-state index in [0.717, 1.165) is 9.87 Å². The minimum absolute atomic E-state index is 0.0302. The number of carbonyl (C=O) groups is 2. The molecule has 3 aromatic rings. The van der Waals surface area contributed by atoms with Gasteiger partial charge < -0.3 is 15.0 Å². The van der Waals surface area contributed by atoms with Crippen LogP contribution in [0.15, 0.2) is 77.7 Å². The van der Waals surface area contributed by atoms with Crippen molar-refractivity contribution >= 4 is 50.7 Å². The predicted octanol–water partition coefficient (Wildman–Crippen LogP) is 5.92. The maximum atomic E-state index is 14.1. The lowest BCUT2D eigenvalue weighted by Gasteiger charge is -2.33. The van der Waals surface area contributed by atoms with Crippen molar-refractivity contribution in [2.24, 2.45) is 0 Å². The van der Waals surface area contributed by atoms with Gasteiger partial charge in [-0.3, -0.25) is 13.9 Å². The summed E-state index contributed by atoms with van der Waals surface area (Å²) in [5.41, 5.74) is 1.01. The molecule has 220 valence electrons. The SMILES string of the molecule is CCOc1ccc(N(CC(=O)N(Cc2ccc(Cl)cc2)[C@@H](CC)C(=O)NC(C)C)S(=O)(=O)c2ccc(Cl)cc2)cc1. The van der Waals surface area contributed by atoms with Crippen molar-refractivity contribution in [3.05, 3.63) is 88.4 Å². The minimum Gasteiger partial charge on any atom is -0.494 e. The van der Waals surface area contributed by atoms with E-state index in [0.29, 0.717) is 28.8 Å². The van der Waals surface area contributed by atoms with Gasteiger partial charge >= 0.3 is 0 Å². The number of ether oxygens (including phenoxy) is 1. The number of carbonyl (C=O) groups excluding carboxylic acids is 2. The molecule has 0 aromatic heterocycles. The molecule has 0 heterocycles. The van der Waals surface area contributed by atoms with E-state index >= 15 is 0 Å². The summed E-state index contributed by atoms with van der Waals surface area (Å²) in [6.45, 7) is 7.31. The van der Waals surface area contributed by atoms with Crippen LogP contribution in [-0.2, 0) is 26.2 Å². The first-order valence-electron chi connectivity index (χ1n) is 13.3. The average Bonchev–Trinajstić information content (AvgIpc) is 2.93. The highest BCUT2D eigenvalue weighted by Gasteiger charge is 2.34. The second-order valence-corrected chi connectivity index (χ2v) is 12.4. The maximum absolute atomic E-state index is 14.1. The summed E-state index contributed by atoms with van der Waals surface area (Å²) in [7, 11) is -4.21. The fourth-order valence-electron chi connectivity index (χ4n) is 4.22. The Morgan fingerprint density at radius 2 is 1.44 bits per heavy atom. The molecule has 3 aromatic carbocycles. The van der Waals surface area contributed by atoms with Gasteiger partial charge in [0.2, 0.25) is 11.8 Å². The van der Waals surface area contributed by atoms with Crippen LogP contribution in [0.2, 0.25) is 10.0 Å². The zero-order valence-electron chi connectivity index (χ0n) is 23.5. The molecular formula is C30H35Cl2N3O5S. The quantitative estimate of drug-likeness (QED) is 0.256. The molecule has 2 amide bonds. The van der Waals surface area contributed by atoms with Gasteiger partial charge in [0.15, 0.2) is 0 Å². The number of benzene rings is 3. The van der Waals surface area contributed by atoms with Crippen LogP contribution in [0.25, 0.3) is 0 Å². The van der Waals surface area contributed by atoms with Crippen LogP contribution in [0.5, 0.6) is 5.75 Å².